The maximum atomic E-state index is 12.9. The summed E-state index contributed by atoms with van der Waals surface area (Å²) in [6, 6.07) is 12.5. The first-order valence-corrected chi connectivity index (χ1v) is 13.5. The molecule has 0 aliphatic carbocycles. The Morgan fingerprint density at radius 2 is 1.87 bits per heavy atom. The number of hydrogen-bond acceptors (Lipinski definition) is 8. The molecule has 10 heteroatoms. The normalized spacial score (nSPS) is 20.7. The average molecular weight is 527 g/mol. The number of carbonyl (C=O) groups excluding carboxylic acids is 1. The highest BCUT2D eigenvalue weighted by Crippen LogP contribution is 2.38. The van der Waals surface area contributed by atoms with E-state index >= 15 is 0 Å². The zero-order valence-electron chi connectivity index (χ0n) is 22.7. The third kappa shape index (κ3) is 5.36. The number of carbonyl (C=O) groups is 1. The van der Waals surface area contributed by atoms with Crippen molar-refractivity contribution in [2.45, 2.75) is 77.1 Å². The molecule has 1 aromatic carbocycles. The zero-order chi connectivity index (χ0) is 27.1. The Morgan fingerprint density at radius 3 is 2.54 bits per heavy atom. The van der Waals surface area contributed by atoms with Gasteiger partial charge < -0.3 is 20.3 Å². The first kappa shape index (κ1) is 25.1. The van der Waals surface area contributed by atoms with Crippen LogP contribution >= 0.6 is 0 Å². The van der Waals surface area contributed by atoms with E-state index < -0.39 is 5.60 Å². The molecule has 3 N–H and O–H groups in total. The molecule has 3 aromatic heterocycles. The lowest BCUT2D eigenvalue weighted by atomic mass is 9.98. The number of fused-ring (bicyclic) bond motifs is 3. The van der Waals surface area contributed by atoms with Crippen molar-refractivity contribution in [3.8, 4) is 11.1 Å². The summed E-state index contributed by atoms with van der Waals surface area (Å²) in [7, 11) is 0. The molecular formula is C29H34N8O2. The van der Waals surface area contributed by atoms with Crippen LogP contribution in [-0.4, -0.2) is 59.9 Å². The van der Waals surface area contributed by atoms with Crippen LogP contribution in [0.3, 0.4) is 0 Å². The van der Waals surface area contributed by atoms with Crippen LogP contribution in [0.4, 0.5) is 22.4 Å². The van der Waals surface area contributed by atoms with Gasteiger partial charge in [0.05, 0.1) is 5.52 Å². The van der Waals surface area contributed by atoms with E-state index in [2.05, 4.69) is 37.9 Å². The highest BCUT2D eigenvalue weighted by Gasteiger charge is 2.45. The summed E-state index contributed by atoms with van der Waals surface area (Å²) >= 11 is 0. The van der Waals surface area contributed by atoms with Crippen molar-refractivity contribution in [2.24, 2.45) is 0 Å². The maximum Gasteiger partial charge on any atom is 0.410 e. The summed E-state index contributed by atoms with van der Waals surface area (Å²) in [4.78, 5) is 28.9. The molecule has 3 atom stereocenters. The van der Waals surface area contributed by atoms with E-state index in [4.69, 9.17) is 14.7 Å². The largest absolute Gasteiger partial charge is 0.444 e. The fraction of sp³-hybridized carbons (Fsp3) is 0.414. The Bertz CT molecular complexity index is 1480. The number of aryl methyl sites for hydroxylation is 1. The molecule has 1 amide bonds. The minimum atomic E-state index is -0.504. The van der Waals surface area contributed by atoms with E-state index in [1.54, 1.807) is 6.20 Å². The molecule has 2 aliphatic heterocycles. The number of piperidine rings is 1. The molecule has 4 aromatic rings. The lowest BCUT2D eigenvalue weighted by molar-refractivity contribution is 0.00682. The van der Waals surface area contributed by atoms with Gasteiger partial charge in [-0.05, 0) is 77.1 Å². The number of pyridine rings is 1. The van der Waals surface area contributed by atoms with Crippen molar-refractivity contribution in [1.82, 2.24) is 30.0 Å². The number of H-pyrrole nitrogens is 1. The number of benzene rings is 1. The van der Waals surface area contributed by atoms with Gasteiger partial charge in [-0.3, -0.25) is 10.1 Å². The minimum absolute atomic E-state index is 0.151. The fourth-order valence-electron chi connectivity index (χ4n) is 5.70. The fourth-order valence-corrected chi connectivity index (χ4v) is 5.70. The van der Waals surface area contributed by atoms with Gasteiger partial charge in [-0.1, -0.05) is 12.1 Å². The molecule has 0 spiro atoms. The van der Waals surface area contributed by atoms with Crippen LogP contribution in [0, 0.1) is 6.92 Å². The molecule has 202 valence electrons. The van der Waals surface area contributed by atoms with Gasteiger partial charge >= 0.3 is 6.09 Å². The van der Waals surface area contributed by atoms with E-state index in [9.17, 15) is 4.79 Å². The van der Waals surface area contributed by atoms with E-state index in [1.165, 1.54) is 0 Å². The molecule has 2 aliphatic rings. The number of nitrogens with one attached hydrogen (secondary N) is 3. The topological polar surface area (TPSA) is 121 Å². The monoisotopic (exact) mass is 526 g/mol. The molecule has 2 fully saturated rings. The smallest absolute Gasteiger partial charge is 0.410 e. The van der Waals surface area contributed by atoms with Crippen molar-refractivity contribution in [3.63, 3.8) is 0 Å². The second kappa shape index (κ2) is 9.83. The number of rotatable bonds is 5. The van der Waals surface area contributed by atoms with Crippen LogP contribution in [0.25, 0.3) is 22.0 Å². The number of amides is 1. The molecule has 0 radical (unpaired) electrons. The highest BCUT2D eigenvalue weighted by molar-refractivity contribution is 5.94. The first-order valence-electron chi connectivity index (χ1n) is 13.5. The Labute approximate surface area is 227 Å². The first-order chi connectivity index (χ1) is 18.7. The van der Waals surface area contributed by atoms with Crippen LogP contribution in [0.1, 0.15) is 52.1 Å². The van der Waals surface area contributed by atoms with Crippen LogP contribution in [0.15, 0.2) is 48.8 Å². The Hall–Kier alpha value is -4.21. The number of hydrogen-bond donors (Lipinski definition) is 3. The molecule has 2 bridgehead atoms. The number of nitrogens with zero attached hydrogens (tertiary/aromatic N) is 5. The number of ether oxygens (including phenoxy) is 1. The molecule has 0 saturated carbocycles. The third-order valence-corrected chi connectivity index (χ3v) is 7.31. The van der Waals surface area contributed by atoms with Crippen LogP contribution in [0.2, 0.25) is 0 Å². The van der Waals surface area contributed by atoms with Crippen LogP contribution in [-0.2, 0) is 4.74 Å². The molecule has 5 heterocycles. The Balaban J connectivity index is 1.28. The minimum Gasteiger partial charge on any atom is -0.444 e. The highest BCUT2D eigenvalue weighted by atomic mass is 16.6. The van der Waals surface area contributed by atoms with E-state index in [1.807, 2.05) is 63.1 Å². The molecule has 2 saturated heterocycles. The summed E-state index contributed by atoms with van der Waals surface area (Å²) in [5, 5.41) is 15.2. The van der Waals surface area contributed by atoms with E-state index in [-0.39, 0.29) is 24.2 Å². The van der Waals surface area contributed by atoms with Crippen molar-refractivity contribution >= 4 is 34.6 Å². The second-order valence-corrected chi connectivity index (χ2v) is 11.5. The van der Waals surface area contributed by atoms with Gasteiger partial charge in [-0.25, -0.2) is 9.78 Å². The van der Waals surface area contributed by atoms with Crippen molar-refractivity contribution in [2.75, 3.05) is 10.6 Å². The van der Waals surface area contributed by atoms with Gasteiger partial charge in [0.1, 0.15) is 11.4 Å². The summed E-state index contributed by atoms with van der Waals surface area (Å²) in [6.45, 7) is 7.69. The van der Waals surface area contributed by atoms with Crippen molar-refractivity contribution in [1.29, 1.82) is 0 Å². The SMILES string of the molecule is Cc1cc(Nc2nc(N[C@@H]3C[C@H]4CC[C@@H](C3)N4C(=O)OC(C)(C)C)nc3cc(-c4cccnc4)ccc23)n[nH]1. The van der Waals surface area contributed by atoms with Crippen LogP contribution in [0.5, 0.6) is 0 Å². The standard InChI is InChI=1S/C29H34N8O2/c1-17-12-25(36-35-17)33-26-23-10-7-18(19-6-5-11-30-16-19)13-24(23)32-27(34-26)31-20-14-21-8-9-22(15-20)37(21)28(38)39-29(2,3)4/h5-7,10-13,16,20-22H,8-9,14-15H2,1-4H3,(H3,31,32,33,34,35,36)/t20-,21-,22+. The van der Waals surface area contributed by atoms with Gasteiger partial charge in [0, 0.05) is 53.2 Å². The molecular weight excluding hydrogens is 492 g/mol. The van der Waals surface area contributed by atoms with Gasteiger partial charge in [-0.2, -0.15) is 10.1 Å². The summed E-state index contributed by atoms with van der Waals surface area (Å²) in [6.07, 6.45) is 7.04. The summed E-state index contributed by atoms with van der Waals surface area (Å²) < 4.78 is 5.70. The number of anilines is 3. The van der Waals surface area contributed by atoms with Gasteiger partial charge in [0.2, 0.25) is 5.95 Å². The van der Waals surface area contributed by atoms with Crippen molar-refractivity contribution < 1.29 is 9.53 Å². The lowest BCUT2D eigenvalue weighted by Gasteiger charge is -2.39. The molecule has 39 heavy (non-hydrogen) atoms. The second-order valence-electron chi connectivity index (χ2n) is 11.5. The van der Waals surface area contributed by atoms with Gasteiger partial charge in [0.25, 0.3) is 0 Å². The van der Waals surface area contributed by atoms with Crippen LogP contribution < -0.4 is 10.6 Å². The maximum absolute atomic E-state index is 12.9. The lowest BCUT2D eigenvalue weighted by Crippen LogP contribution is -2.51. The molecule has 0 unspecified atom stereocenters. The number of aromatic amines is 1. The Morgan fingerprint density at radius 1 is 1.08 bits per heavy atom. The third-order valence-electron chi connectivity index (χ3n) is 7.31. The predicted molar refractivity (Wildman–Crippen MR) is 151 cm³/mol. The quantitative estimate of drug-likeness (QED) is 0.298. The van der Waals surface area contributed by atoms with Crippen molar-refractivity contribution in [3.05, 3.63) is 54.5 Å². The van der Waals surface area contributed by atoms with Gasteiger partial charge in [-0.15, -0.1) is 0 Å². The summed E-state index contributed by atoms with van der Waals surface area (Å²) in [5.41, 5.74) is 3.33. The molecule has 6 rings (SSSR count). The molecule has 10 nitrogen and oxygen atoms in total. The van der Waals surface area contributed by atoms with Gasteiger partial charge in [0.15, 0.2) is 5.82 Å². The van der Waals surface area contributed by atoms with E-state index in [0.717, 1.165) is 53.4 Å². The Kier molecular flexibility index (Phi) is 6.32. The predicted octanol–water partition coefficient (Wildman–Crippen LogP) is 5.81. The zero-order valence-corrected chi connectivity index (χ0v) is 22.7. The number of aromatic nitrogens is 5. The average Bonchev–Trinajstić information content (AvgIpc) is 3.42. The summed E-state index contributed by atoms with van der Waals surface area (Å²) in [5.74, 6) is 1.93. The van der Waals surface area contributed by atoms with E-state index in [0.29, 0.717) is 17.6 Å².